The number of rotatable bonds is 2. The number of morpholine rings is 1. The minimum Gasteiger partial charge on any atom is -0.399 e. The van der Waals surface area contributed by atoms with Crippen molar-refractivity contribution in [1.82, 2.24) is 0 Å². The van der Waals surface area contributed by atoms with Crippen LogP contribution in [0.1, 0.15) is 0 Å². The van der Waals surface area contributed by atoms with E-state index in [0.29, 0.717) is 42.6 Å². The molecule has 0 aromatic heterocycles. The molecule has 17 heavy (non-hydrogen) atoms. The lowest BCUT2D eigenvalue weighted by molar-refractivity contribution is 0.122. The van der Waals surface area contributed by atoms with Crippen molar-refractivity contribution >= 4 is 21.2 Å². The van der Waals surface area contributed by atoms with E-state index < -0.39 is 9.84 Å². The van der Waals surface area contributed by atoms with Crippen LogP contribution < -0.4 is 10.6 Å². The van der Waals surface area contributed by atoms with Crippen molar-refractivity contribution in [2.45, 2.75) is 4.90 Å². The van der Waals surface area contributed by atoms with Crippen LogP contribution in [-0.4, -0.2) is 41.0 Å². The Kier molecular flexibility index (Phi) is 3.26. The standard InChI is InChI=1S/C11H16N2O3S/c1-17(14,15)11-3-2-9(12)8-10(11)13-4-6-16-7-5-13/h2-3,8H,4-7,12H2,1H3. The summed E-state index contributed by atoms with van der Waals surface area (Å²) in [5, 5.41) is 0. The van der Waals surface area contributed by atoms with E-state index in [1.807, 2.05) is 4.90 Å². The quantitative estimate of drug-likeness (QED) is 0.780. The molecule has 0 atom stereocenters. The van der Waals surface area contributed by atoms with E-state index in [2.05, 4.69) is 0 Å². The van der Waals surface area contributed by atoms with Crippen LogP contribution in [0.25, 0.3) is 0 Å². The van der Waals surface area contributed by atoms with E-state index in [9.17, 15) is 8.42 Å². The van der Waals surface area contributed by atoms with Crippen LogP contribution in [0.2, 0.25) is 0 Å². The summed E-state index contributed by atoms with van der Waals surface area (Å²) >= 11 is 0. The summed E-state index contributed by atoms with van der Waals surface area (Å²) in [6, 6.07) is 4.89. The number of hydrogen-bond donors (Lipinski definition) is 1. The largest absolute Gasteiger partial charge is 0.399 e. The van der Waals surface area contributed by atoms with Gasteiger partial charge in [-0.15, -0.1) is 0 Å². The highest BCUT2D eigenvalue weighted by Gasteiger charge is 2.20. The average molecular weight is 256 g/mol. The number of anilines is 2. The van der Waals surface area contributed by atoms with Crippen LogP contribution >= 0.6 is 0 Å². The molecule has 1 aromatic carbocycles. The molecule has 2 N–H and O–H groups in total. The van der Waals surface area contributed by atoms with Gasteiger partial charge in [-0.3, -0.25) is 0 Å². The molecule has 0 spiro atoms. The molecule has 1 saturated heterocycles. The van der Waals surface area contributed by atoms with Gasteiger partial charge in [0.05, 0.1) is 23.8 Å². The van der Waals surface area contributed by atoms with Gasteiger partial charge in [0.2, 0.25) is 0 Å². The normalized spacial score (nSPS) is 17.1. The van der Waals surface area contributed by atoms with Gasteiger partial charge in [0.15, 0.2) is 9.84 Å². The average Bonchev–Trinajstić information content (AvgIpc) is 2.28. The summed E-state index contributed by atoms with van der Waals surface area (Å²) in [6.07, 6.45) is 1.21. The van der Waals surface area contributed by atoms with Crippen molar-refractivity contribution in [2.75, 3.05) is 43.2 Å². The number of hydrogen-bond acceptors (Lipinski definition) is 5. The fourth-order valence-corrected chi connectivity index (χ4v) is 2.78. The molecule has 0 radical (unpaired) electrons. The molecule has 1 fully saturated rings. The minimum atomic E-state index is -3.24. The van der Waals surface area contributed by atoms with E-state index in [0.717, 1.165) is 0 Å². The van der Waals surface area contributed by atoms with Gasteiger partial charge in [-0.2, -0.15) is 0 Å². The lowest BCUT2D eigenvalue weighted by Crippen LogP contribution is -2.37. The molecule has 0 unspecified atom stereocenters. The molecule has 94 valence electrons. The number of benzene rings is 1. The Morgan fingerprint density at radius 2 is 1.94 bits per heavy atom. The van der Waals surface area contributed by atoms with Gasteiger partial charge < -0.3 is 15.4 Å². The molecule has 2 rings (SSSR count). The highest BCUT2D eigenvalue weighted by atomic mass is 32.2. The Morgan fingerprint density at radius 1 is 1.29 bits per heavy atom. The van der Waals surface area contributed by atoms with Crippen molar-refractivity contribution in [3.05, 3.63) is 18.2 Å². The van der Waals surface area contributed by atoms with Crippen molar-refractivity contribution in [2.24, 2.45) is 0 Å². The Hall–Kier alpha value is -1.27. The molecule has 1 aromatic rings. The fourth-order valence-electron chi connectivity index (χ4n) is 1.90. The predicted molar refractivity (Wildman–Crippen MR) is 67.0 cm³/mol. The molecule has 5 nitrogen and oxygen atoms in total. The fraction of sp³-hybridized carbons (Fsp3) is 0.455. The summed E-state index contributed by atoms with van der Waals surface area (Å²) < 4.78 is 28.7. The summed E-state index contributed by atoms with van der Waals surface area (Å²) in [4.78, 5) is 2.32. The number of ether oxygens (including phenoxy) is 1. The van der Waals surface area contributed by atoms with Crippen molar-refractivity contribution in [3.8, 4) is 0 Å². The predicted octanol–water partition coefficient (Wildman–Crippen LogP) is 0.509. The second-order valence-electron chi connectivity index (χ2n) is 4.10. The molecule has 1 aliphatic heterocycles. The number of sulfone groups is 1. The summed E-state index contributed by atoms with van der Waals surface area (Å²) in [5.41, 5.74) is 6.97. The minimum absolute atomic E-state index is 0.327. The molecule has 1 heterocycles. The third-order valence-corrected chi connectivity index (χ3v) is 3.88. The zero-order valence-electron chi connectivity index (χ0n) is 9.72. The third kappa shape index (κ3) is 2.70. The molecular weight excluding hydrogens is 240 g/mol. The van der Waals surface area contributed by atoms with Crippen LogP contribution in [0.15, 0.2) is 23.1 Å². The molecule has 0 aliphatic carbocycles. The maximum Gasteiger partial charge on any atom is 0.177 e. The zero-order chi connectivity index (χ0) is 12.5. The third-order valence-electron chi connectivity index (χ3n) is 2.73. The van der Waals surface area contributed by atoms with Crippen molar-refractivity contribution in [1.29, 1.82) is 0 Å². The topological polar surface area (TPSA) is 72.6 Å². The van der Waals surface area contributed by atoms with Crippen LogP contribution in [-0.2, 0) is 14.6 Å². The van der Waals surface area contributed by atoms with Gasteiger partial charge in [-0.05, 0) is 18.2 Å². The zero-order valence-corrected chi connectivity index (χ0v) is 10.5. The summed E-state index contributed by atoms with van der Waals surface area (Å²) in [5.74, 6) is 0. The number of nitrogens with two attached hydrogens (primary N) is 1. The van der Waals surface area contributed by atoms with Crippen molar-refractivity contribution in [3.63, 3.8) is 0 Å². The molecule has 0 saturated carbocycles. The first kappa shape index (κ1) is 12.2. The van der Waals surface area contributed by atoms with E-state index in [-0.39, 0.29) is 0 Å². The summed E-state index contributed by atoms with van der Waals surface area (Å²) in [7, 11) is -3.24. The molecular formula is C11H16N2O3S. The van der Waals surface area contributed by atoms with Crippen LogP contribution in [0.5, 0.6) is 0 Å². The Labute approximate surface area is 101 Å². The van der Waals surface area contributed by atoms with E-state index >= 15 is 0 Å². The Morgan fingerprint density at radius 3 is 2.53 bits per heavy atom. The highest BCUT2D eigenvalue weighted by Crippen LogP contribution is 2.28. The Balaban J connectivity index is 2.46. The number of nitrogens with zero attached hydrogens (tertiary/aromatic N) is 1. The highest BCUT2D eigenvalue weighted by molar-refractivity contribution is 7.90. The monoisotopic (exact) mass is 256 g/mol. The lowest BCUT2D eigenvalue weighted by Gasteiger charge is -2.30. The lowest BCUT2D eigenvalue weighted by atomic mass is 10.2. The maximum absolute atomic E-state index is 11.7. The summed E-state index contributed by atoms with van der Waals surface area (Å²) in [6.45, 7) is 2.59. The SMILES string of the molecule is CS(=O)(=O)c1ccc(N)cc1N1CCOCC1. The van der Waals surface area contributed by atoms with Gasteiger partial charge in [0.25, 0.3) is 0 Å². The van der Waals surface area contributed by atoms with Gasteiger partial charge in [0, 0.05) is 25.0 Å². The second kappa shape index (κ2) is 4.54. The van der Waals surface area contributed by atoms with Gasteiger partial charge in [-0.1, -0.05) is 0 Å². The second-order valence-corrected chi connectivity index (χ2v) is 6.08. The molecule has 0 bridgehead atoms. The first-order valence-corrected chi connectivity index (χ1v) is 7.30. The smallest absolute Gasteiger partial charge is 0.177 e. The first-order chi connectivity index (χ1) is 7.98. The van der Waals surface area contributed by atoms with E-state index in [1.54, 1.807) is 18.2 Å². The first-order valence-electron chi connectivity index (χ1n) is 5.41. The van der Waals surface area contributed by atoms with Crippen molar-refractivity contribution < 1.29 is 13.2 Å². The van der Waals surface area contributed by atoms with Crippen LogP contribution in [0, 0.1) is 0 Å². The van der Waals surface area contributed by atoms with Gasteiger partial charge in [-0.25, -0.2) is 8.42 Å². The van der Waals surface area contributed by atoms with E-state index in [4.69, 9.17) is 10.5 Å². The molecule has 1 aliphatic rings. The maximum atomic E-state index is 11.7. The van der Waals surface area contributed by atoms with Crippen LogP contribution in [0.4, 0.5) is 11.4 Å². The molecule has 6 heteroatoms. The molecule has 0 amide bonds. The van der Waals surface area contributed by atoms with Gasteiger partial charge in [0.1, 0.15) is 0 Å². The number of nitrogen functional groups attached to an aromatic ring is 1. The van der Waals surface area contributed by atoms with Crippen LogP contribution in [0.3, 0.4) is 0 Å². The van der Waals surface area contributed by atoms with E-state index in [1.165, 1.54) is 6.26 Å². The van der Waals surface area contributed by atoms with Gasteiger partial charge >= 0.3 is 0 Å². The Bertz CT molecular complexity index is 507.